The third kappa shape index (κ3) is 12.1. The van der Waals surface area contributed by atoms with Crippen LogP contribution in [0.15, 0.2) is 87.0 Å². The number of aromatic carboxylic acids is 1. The average molecular weight is 979 g/mol. The number of amides is 2. The molecule has 67 heavy (non-hydrogen) atoms. The Morgan fingerprint density at radius 2 is 1.55 bits per heavy atom. The summed E-state index contributed by atoms with van der Waals surface area (Å²) in [6.07, 6.45) is 2.55. The van der Waals surface area contributed by atoms with Gasteiger partial charge in [-0.3, -0.25) is 24.1 Å². The number of carboxylic acids is 1. The Hall–Kier alpha value is -6.14. The number of carbonyl (C=O) groups is 3. The fourth-order valence-electron chi connectivity index (χ4n) is 7.62. The Labute approximate surface area is 388 Å². The summed E-state index contributed by atoms with van der Waals surface area (Å²) in [4.78, 5) is 42.3. The number of para-hydroxylation sites is 1. The van der Waals surface area contributed by atoms with Crippen molar-refractivity contribution in [2.75, 3.05) is 39.0 Å². The van der Waals surface area contributed by atoms with Gasteiger partial charge in [0.05, 0.1) is 23.2 Å². The lowest BCUT2D eigenvalue weighted by Crippen LogP contribution is -2.30. The second-order valence-corrected chi connectivity index (χ2v) is 25.5. The predicted molar refractivity (Wildman–Crippen MR) is 253 cm³/mol. The summed E-state index contributed by atoms with van der Waals surface area (Å²) in [5, 5.41) is 26.2. The van der Waals surface area contributed by atoms with Gasteiger partial charge in [0, 0.05) is 61.5 Å². The van der Waals surface area contributed by atoms with E-state index in [-0.39, 0.29) is 34.2 Å². The first-order valence-electron chi connectivity index (χ1n) is 21.4. The van der Waals surface area contributed by atoms with Gasteiger partial charge in [-0.1, -0.05) is 50.3 Å². The third-order valence-electron chi connectivity index (χ3n) is 11.0. The number of carboxylic acid groups (broad SMARTS) is 1. The van der Waals surface area contributed by atoms with E-state index in [1.165, 1.54) is 24.3 Å². The van der Waals surface area contributed by atoms with E-state index in [0.717, 1.165) is 84.8 Å². The highest BCUT2D eigenvalue weighted by Crippen LogP contribution is 2.45. The zero-order valence-electron chi connectivity index (χ0n) is 37.4. The number of aromatic nitrogens is 1. The Morgan fingerprint density at radius 1 is 0.866 bits per heavy atom. The molecule has 358 valence electrons. The lowest BCUT2D eigenvalue weighted by atomic mass is 9.89. The molecule has 3 aromatic carbocycles. The fourth-order valence-corrected chi connectivity index (χ4v) is 9.82. The molecule has 6 rings (SSSR count). The summed E-state index contributed by atoms with van der Waals surface area (Å²) in [7, 11) is -10.1. The number of aryl methyl sites for hydroxylation is 1. The number of nitrogens with one attached hydrogen (secondary N) is 3. The summed E-state index contributed by atoms with van der Waals surface area (Å²) in [5.74, 6) is -2.77. The number of anilines is 1. The van der Waals surface area contributed by atoms with E-state index in [2.05, 4.69) is 47.0 Å². The molecular weight excluding hydrogens is 925 g/mol. The van der Waals surface area contributed by atoms with Gasteiger partial charge in [-0.05, 0) is 97.9 Å². The maximum absolute atomic E-state index is 13.3. The predicted octanol–water partition coefficient (Wildman–Crippen LogP) is 6.83. The minimum atomic E-state index is -5.19. The third-order valence-corrected chi connectivity index (χ3v) is 14.5. The molecule has 8 N–H and O–H groups in total. The Kier molecular flexibility index (Phi) is 15.6. The van der Waals surface area contributed by atoms with Crippen molar-refractivity contribution in [2.24, 2.45) is 0 Å². The molecule has 2 amide bonds. The van der Waals surface area contributed by atoms with Crippen molar-refractivity contribution in [1.29, 1.82) is 5.41 Å². The maximum Gasteiger partial charge on any atom is 0.433 e. The lowest BCUT2D eigenvalue weighted by Gasteiger charge is -2.20. The van der Waals surface area contributed by atoms with Crippen LogP contribution in [0.2, 0.25) is 25.7 Å². The van der Waals surface area contributed by atoms with Crippen molar-refractivity contribution >= 4 is 73.8 Å². The smallest absolute Gasteiger partial charge is 0.433 e. The number of nitrogens with zero attached hydrogens (tertiary/aromatic N) is 2. The number of hydrogen-bond acceptors (Lipinski definition) is 13. The van der Waals surface area contributed by atoms with E-state index in [4.69, 9.17) is 25.1 Å². The van der Waals surface area contributed by atoms with Gasteiger partial charge in [-0.25, -0.2) is 9.59 Å². The summed E-state index contributed by atoms with van der Waals surface area (Å²) in [5.41, 5.74) is 5.92. The topological polar surface area (TPSA) is 294 Å². The van der Waals surface area contributed by atoms with Crippen LogP contribution in [0.25, 0.3) is 44.3 Å². The van der Waals surface area contributed by atoms with Gasteiger partial charge in [0.15, 0.2) is 21.1 Å². The molecule has 4 aromatic rings. The summed E-state index contributed by atoms with van der Waals surface area (Å²) < 4.78 is 83.4. The second kappa shape index (κ2) is 20.8. The van der Waals surface area contributed by atoms with Gasteiger partial charge < -0.3 is 35.2 Å². The lowest BCUT2D eigenvalue weighted by molar-refractivity contribution is -0.130. The average Bonchev–Trinajstić information content (AvgIpc) is 3.60. The quantitative estimate of drug-likeness (QED) is 0.00971. The number of hydrogen-bond donors (Lipinski definition) is 7. The number of fused-ring (bicyclic) bond motifs is 3. The number of carbonyl (C=O) groups excluding carboxylic acids is 2. The number of nitrogens with two attached hydrogens (primary N) is 1. The Morgan fingerprint density at radius 3 is 2.25 bits per heavy atom. The zero-order valence-corrected chi connectivity index (χ0v) is 40.1. The fraction of sp³-hybridized carbons (Fsp3) is 0.333. The Balaban J connectivity index is 1.04. The number of hydroxylamine groups is 2. The molecule has 0 atom stereocenters. The van der Waals surface area contributed by atoms with Crippen molar-refractivity contribution in [3.8, 4) is 22.5 Å². The minimum absolute atomic E-state index is 0.0143. The number of rotatable bonds is 21. The van der Waals surface area contributed by atoms with E-state index in [9.17, 15) is 45.4 Å². The van der Waals surface area contributed by atoms with Crippen LogP contribution in [-0.2, 0) is 43.0 Å². The highest BCUT2D eigenvalue weighted by molar-refractivity contribution is 7.86. The van der Waals surface area contributed by atoms with E-state index in [1.54, 1.807) is 7.05 Å². The highest BCUT2D eigenvalue weighted by Gasteiger charge is 2.32. The molecule has 1 aliphatic carbocycles. The van der Waals surface area contributed by atoms with E-state index in [1.807, 2.05) is 18.2 Å². The molecule has 0 saturated carbocycles. The molecule has 0 fully saturated rings. The first kappa shape index (κ1) is 50.3. The van der Waals surface area contributed by atoms with Gasteiger partial charge >= 0.3 is 12.1 Å². The molecule has 0 spiro atoms. The van der Waals surface area contributed by atoms with Gasteiger partial charge in [0.2, 0.25) is 0 Å². The number of benzene rings is 4. The number of unbranched alkanes of at least 4 members (excludes halogenated alkanes) is 2. The molecule has 0 unspecified atom stereocenters. The molecule has 19 nitrogen and oxygen atoms in total. The van der Waals surface area contributed by atoms with Crippen LogP contribution < -0.4 is 21.7 Å². The second-order valence-electron chi connectivity index (χ2n) is 17.1. The van der Waals surface area contributed by atoms with Crippen LogP contribution in [0.1, 0.15) is 52.1 Å². The largest absolute Gasteiger partial charge is 0.478 e. The number of ether oxygens (including phenoxy) is 1. The summed E-state index contributed by atoms with van der Waals surface area (Å²) in [6.45, 7) is 9.72. The zero-order chi connectivity index (χ0) is 48.8. The molecule has 1 aliphatic heterocycles. The van der Waals surface area contributed by atoms with Gasteiger partial charge in [0.1, 0.15) is 6.61 Å². The van der Waals surface area contributed by atoms with Crippen molar-refractivity contribution in [3.63, 3.8) is 0 Å². The first-order chi connectivity index (χ1) is 31.6. The maximum atomic E-state index is 13.3. The monoisotopic (exact) mass is 978 g/mol. The molecule has 0 bridgehead atoms. The van der Waals surface area contributed by atoms with Crippen LogP contribution in [0.5, 0.6) is 0 Å². The van der Waals surface area contributed by atoms with E-state index in [0.29, 0.717) is 19.6 Å². The van der Waals surface area contributed by atoms with Crippen LogP contribution in [0.4, 0.5) is 10.5 Å². The summed E-state index contributed by atoms with van der Waals surface area (Å²) >= 11 is 0. The molecule has 1 aromatic heterocycles. The number of nitrogen functional groups attached to an aromatic ring is 1. The van der Waals surface area contributed by atoms with Crippen molar-refractivity contribution in [1.82, 2.24) is 20.3 Å². The van der Waals surface area contributed by atoms with Crippen LogP contribution in [-0.4, -0.2) is 100 Å². The normalized spacial score (nSPS) is 12.2. The molecule has 22 heteroatoms. The highest BCUT2D eigenvalue weighted by atomic mass is 32.2. The van der Waals surface area contributed by atoms with Crippen LogP contribution >= 0.6 is 0 Å². The van der Waals surface area contributed by atoms with E-state index >= 15 is 0 Å². The molecular formula is C45H54N6O13S2Si. The first-order valence-corrected chi connectivity index (χ1v) is 27.9. The van der Waals surface area contributed by atoms with Crippen molar-refractivity contribution in [3.05, 3.63) is 95.0 Å². The van der Waals surface area contributed by atoms with Crippen molar-refractivity contribution < 1.29 is 59.4 Å². The Bertz CT molecular complexity index is 3090. The molecule has 0 saturated heterocycles. The van der Waals surface area contributed by atoms with Crippen molar-refractivity contribution in [2.45, 2.75) is 74.3 Å². The SMILES string of the molecule is CN(OCc1cc2ccccc2n1CCCNCCCCCNC(=O)c1ccc(-c2c3ccc(=N)c(S(=O)(=O)O)c-3oc3c(S(=O)(=O)O)c(N)ccc23)c(C(=O)O)c1)C(=O)OCC[Si](C)(C)C. The molecule has 0 radical (unpaired) electrons. The van der Waals surface area contributed by atoms with Gasteiger partial charge in [0.25, 0.3) is 26.1 Å². The van der Waals surface area contributed by atoms with Crippen LogP contribution in [0.3, 0.4) is 0 Å². The van der Waals surface area contributed by atoms with Crippen LogP contribution in [0, 0.1) is 5.41 Å². The molecule has 2 aliphatic rings. The molecule has 2 heterocycles. The van der Waals surface area contributed by atoms with Gasteiger partial charge in [-0.15, -0.1) is 0 Å². The van der Waals surface area contributed by atoms with E-state index < -0.39 is 84.0 Å². The minimum Gasteiger partial charge on any atom is -0.478 e. The summed E-state index contributed by atoms with van der Waals surface area (Å²) in [6, 6.07) is 19.4. The standard InChI is InChI=1S/C45H54N6O13S2Si/c1-50(45(55)62-23-24-67(2,3)4)63-27-30-25-28-11-6-7-12-37(28)51(30)22-10-20-48-19-8-5-9-21-49-43(52)29-13-14-31(34(26-29)44(53)54)38-32-15-17-35(46)41(65(56,57)58)39(32)64-40-33(38)16-18-36(47)42(40)66(59,60)61/h6-7,11-18,25-26,46,48H,5,8-10,19-24,27,47H2,1-4H3,(H,49,52)(H,53,54)(H,56,57,58)(H,59,60,61). The van der Waals surface area contributed by atoms with Gasteiger partial charge in [-0.2, -0.15) is 21.9 Å².